The molecular weight excluding hydrogens is 228 g/mol. The number of amides is 2. The summed E-state index contributed by atoms with van der Waals surface area (Å²) in [5, 5.41) is 2.39. The number of nitrogens with two attached hydrogens (primary N) is 1. The minimum absolute atomic E-state index is 0.0289. The van der Waals surface area contributed by atoms with Crippen LogP contribution in [0.5, 0.6) is 0 Å². The highest BCUT2D eigenvalue weighted by Crippen LogP contribution is 2.16. The number of urea groups is 1. The zero-order chi connectivity index (χ0) is 12.4. The minimum atomic E-state index is -0.790. The van der Waals surface area contributed by atoms with Crippen LogP contribution in [0.4, 0.5) is 19.3 Å². The van der Waals surface area contributed by atoms with Crippen molar-refractivity contribution in [2.75, 3.05) is 18.4 Å². The second-order valence-corrected chi connectivity index (χ2v) is 4.05. The number of anilines is 1. The smallest absolute Gasteiger partial charge is 0.321 e. The van der Waals surface area contributed by atoms with Gasteiger partial charge in [-0.3, -0.25) is 0 Å². The van der Waals surface area contributed by atoms with Gasteiger partial charge in [-0.25, -0.2) is 13.6 Å². The van der Waals surface area contributed by atoms with Crippen molar-refractivity contribution in [3.05, 3.63) is 29.8 Å². The number of halogens is 2. The number of nitrogens with zero attached hydrogens (tertiary/aromatic N) is 1. The predicted octanol–water partition coefficient (Wildman–Crippen LogP) is 1.53. The molecule has 1 aliphatic heterocycles. The van der Waals surface area contributed by atoms with E-state index < -0.39 is 17.7 Å². The zero-order valence-electron chi connectivity index (χ0n) is 9.12. The van der Waals surface area contributed by atoms with Gasteiger partial charge in [0.1, 0.15) is 11.6 Å². The first-order valence-electron chi connectivity index (χ1n) is 5.33. The van der Waals surface area contributed by atoms with E-state index in [4.69, 9.17) is 5.73 Å². The summed E-state index contributed by atoms with van der Waals surface area (Å²) in [6, 6.07) is 2.57. The number of benzene rings is 1. The topological polar surface area (TPSA) is 58.4 Å². The van der Waals surface area contributed by atoms with E-state index in [-0.39, 0.29) is 11.7 Å². The molecule has 1 heterocycles. The van der Waals surface area contributed by atoms with E-state index in [0.29, 0.717) is 13.1 Å². The normalized spacial score (nSPS) is 19.5. The van der Waals surface area contributed by atoms with Gasteiger partial charge >= 0.3 is 6.03 Å². The molecule has 2 rings (SSSR count). The highest BCUT2D eigenvalue weighted by Gasteiger charge is 2.24. The lowest BCUT2D eigenvalue weighted by Crippen LogP contribution is -2.35. The summed E-state index contributed by atoms with van der Waals surface area (Å²) >= 11 is 0. The Balaban J connectivity index is 2.03. The molecule has 0 aliphatic carbocycles. The standard InChI is InChI=1S/C11H13F2N3O/c12-7-1-2-10(9(13)5-7)15-11(17)16-4-3-8(14)6-16/h1-2,5,8H,3-4,6,14H2,(H,15,17)/t8-/m0/s1. The van der Waals surface area contributed by atoms with Crippen molar-refractivity contribution in [2.45, 2.75) is 12.5 Å². The third kappa shape index (κ3) is 2.71. The predicted molar refractivity (Wildman–Crippen MR) is 59.5 cm³/mol. The third-order valence-corrected chi connectivity index (χ3v) is 2.68. The van der Waals surface area contributed by atoms with E-state index >= 15 is 0 Å². The van der Waals surface area contributed by atoms with Gasteiger partial charge in [-0.15, -0.1) is 0 Å². The Hall–Kier alpha value is -1.69. The van der Waals surface area contributed by atoms with Crippen molar-refractivity contribution in [3.63, 3.8) is 0 Å². The Morgan fingerprint density at radius 3 is 2.82 bits per heavy atom. The minimum Gasteiger partial charge on any atom is -0.326 e. The number of likely N-dealkylation sites (tertiary alicyclic amines) is 1. The maximum Gasteiger partial charge on any atom is 0.321 e. The molecule has 0 unspecified atom stereocenters. The third-order valence-electron chi connectivity index (χ3n) is 2.68. The fourth-order valence-corrected chi connectivity index (χ4v) is 1.76. The number of hydrogen-bond donors (Lipinski definition) is 2. The first-order valence-corrected chi connectivity index (χ1v) is 5.33. The van der Waals surface area contributed by atoms with Gasteiger partial charge in [0.2, 0.25) is 0 Å². The van der Waals surface area contributed by atoms with Crippen molar-refractivity contribution < 1.29 is 13.6 Å². The second-order valence-electron chi connectivity index (χ2n) is 4.05. The summed E-state index contributed by atoms with van der Waals surface area (Å²) in [6.45, 7) is 1.00. The zero-order valence-corrected chi connectivity index (χ0v) is 9.12. The number of hydrogen-bond acceptors (Lipinski definition) is 2. The molecule has 17 heavy (non-hydrogen) atoms. The van der Waals surface area contributed by atoms with Gasteiger partial charge < -0.3 is 16.0 Å². The van der Waals surface area contributed by atoms with Crippen LogP contribution in [0.2, 0.25) is 0 Å². The molecule has 0 radical (unpaired) electrons. The second kappa shape index (κ2) is 4.67. The number of carbonyl (C=O) groups is 1. The molecule has 1 aromatic rings. The molecule has 1 aromatic carbocycles. The number of nitrogens with one attached hydrogen (secondary N) is 1. The van der Waals surface area contributed by atoms with Crippen LogP contribution in [-0.4, -0.2) is 30.1 Å². The van der Waals surface area contributed by atoms with Crippen LogP contribution in [0.15, 0.2) is 18.2 Å². The summed E-state index contributed by atoms with van der Waals surface area (Å²) in [4.78, 5) is 13.2. The molecule has 1 saturated heterocycles. The SMILES string of the molecule is N[C@H]1CCN(C(=O)Nc2ccc(F)cc2F)C1. The van der Waals surface area contributed by atoms with Crippen LogP contribution in [0.3, 0.4) is 0 Å². The molecule has 3 N–H and O–H groups in total. The molecule has 1 fully saturated rings. The summed E-state index contributed by atoms with van der Waals surface area (Å²) in [7, 11) is 0. The summed E-state index contributed by atoms with van der Waals surface area (Å²) in [6.07, 6.45) is 0.735. The maximum atomic E-state index is 13.3. The molecule has 1 aliphatic rings. The van der Waals surface area contributed by atoms with Crippen LogP contribution < -0.4 is 11.1 Å². The van der Waals surface area contributed by atoms with E-state index in [1.165, 1.54) is 11.0 Å². The lowest BCUT2D eigenvalue weighted by molar-refractivity contribution is 0.222. The van der Waals surface area contributed by atoms with E-state index in [1.54, 1.807) is 0 Å². The Bertz CT molecular complexity index is 439. The van der Waals surface area contributed by atoms with Crippen molar-refractivity contribution >= 4 is 11.7 Å². The van der Waals surface area contributed by atoms with Gasteiger partial charge in [0.15, 0.2) is 0 Å². The number of rotatable bonds is 1. The largest absolute Gasteiger partial charge is 0.326 e. The fraction of sp³-hybridized carbons (Fsp3) is 0.364. The Morgan fingerprint density at radius 2 is 2.24 bits per heavy atom. The molecule has 0 aromatic heterocycles. The average Bonchev–Trinajstić information content (AvgIpc) is 2.69. The Kier molecular flexibility index (Phi) is 3.23. The Morgan fingerprint density at radius 1 is 1.47 bits per heavy atom. The van der Waals surface area contributed by atoms with Crippen LogP contribution in [-0.2, 0) is 0 Å². The fourth-order valence-electron chi connectivity index (χ4n) is 1.76. The van der Waals surface area contributed by atoms with Crippen LogP contribution in [0.1, 0.15) is 6.42 Å². The first kappa shape index (κ1) is 11.8. The molecule has 2 amide bonds. The van der Waals surface area contributed by atoms with Crippen molar-refractivity contribution in [2.24, 2.45) is 5.73 Å². The average molecular weight is 241 g/mol. The lowest BCUT2D eigenvalue weighted by atomic mass is 10.3. The van der Waals surface area contributed by atoms with E-state index in [9.17, 15) is 13.6 Å². The van der Waals surface area contributed by atoms with Gasteiger partial charge in [-0.2, -0.15) is 0 Å². The molecule has 4 nitrogen and oxygen atoms in total. The van der Waals surface area contributed by atoms with Gasteiger partial charge in [-0.05, 0) is 18.6 Å². The molecule has 0 bridgehead atoms. The van der Waals surface area contributed by atoms with Crippen LogP contribution in [0.25, 0.3) is 0 Å². The highest BCUT2D eigenvalue weighted by atomic mass is 19.1. The summed E-state index contributed by atoms with van der Waals surface area (Å²) < 4.78 is 25.9. The number of carbonyl (C=O) groups excluding carboxylic acids is 1. The Labute approximate surface area is 97.4 Å². The lowest BCUT2D eigenvalue weighted by Gasteiger charge is -2.16. The summed E-state index contributed by atoms with van der Waals surface area (Å²) in [5.74, 6) is -1.47. The first-order chi connectivity index (χ1) is 8.06. The van der Waals surface area contributed by atoms with Gasteiger partial charge in [-0.1, -0.05) is 0 Å². The van der Waals surface area contributed by atoms with E-state index in [0.717, 1.165) is 18.6 Å². The molecular formula is C11H13F2N3O. The maximum absolute atomic E-state index is 13.3. The summed E-state index contributed by atoms with van der Waals surface area (Å²) in [5.41, 5.74) is 5.63. The molecule has 6 heteroatoms. The van der Waals surface area contributed by atoms with Gasteiger partial charge in [0.25, 0.3) is 0 Å². The van der Waals surface area contributed by atoms with Crippen LogP contribution >= 0.6 is 0 Å². The van der Waals surface area contributed by atoms with E-state index in [2.05, 4.69) is 5.32 Å². The molecule has 0 spiro atoms. The van der Waals surface area contributed by atoms with E-state index in [1.807, 2.05) is 0 Å². The van der Waals surface area contributed by atoms with Crippen molar-refractivity contribution in [1.82, 2.24) is 4.90 Å². The molecule has 1 atom stereocenters. The van der Waals surface area contributed by atoms with Crippen molar-refractivity contribution in [3.8, 4) is 0 Å². The van der Waals surface area contributed by atoms with Gasteiger partial charge in [0.05, 0.1) is 5.69 Å². The van der Waals surface area contributed by atoms with Gasteiger partial charge in [0, 0.05) is 25.2 Å². The molecule has 0 saturated carbocycles. The quantitative estimate of drug-likeness (QED) is 0.783. The monoisotopic (exact) mass is 241 g/mol. The van der Waals surface area contributed by atoms with Crippen LogP contribution in [0, 0.1) is 11.6 Å². The van der Waals surface area contributed by atoms with Crippen molar-refractivity contribution in [1.29, 1.82) is 0 Å². The molecule has 92 valence electrons. The highest BCUT2D eigenvalue weighted by molar-refractivity contribution is 5.89.